The highest BCUT2D eigenvalue weighted by molar-refractivity contribution is 5.88. The molecule has 0 aliphatic heterocycles. The zero-order valence-corrected chi connectivity index (χ0v) is 13.9. The van der Waals surface area contributed by atoms with E-state index in [0.29, 0.717) is 11.3 Å². The minimum atomic E-state index is -4.23. The molecule has 0 aliphatic rings. The van der Waals surface area contributed by atoms with Gasteiger partial charge in [0.15, 0.2) is 5.82 Å². The highest BCUT2D eigenvalue weighted by Gasteiger charge is 2.28. The number of carbonyl (C=O) groups is 1. The van der Waals surface area contributed by atoms with E-state index in [4.69, 9.17) is 9.84 Å². The van der Waals surface area contributed by atoms with Crippen LogP contribution in [0.1, 0.15) is 15.9 Å². The van der Waals surface area contributed by atoms with Crippen LogP contribution in [-0.2, 0) is 11.3 Å². The van der Waals surface area contributed by atoms with Crippen LogP contribution in [-0.4, -0.2) is 63.8 Å². The van der Waals surface area contributed by atoms with Gasteiger partial charge in [0.05, 0.1) is 25.3 Å². The molecule has 0 saturated carbocycles. The number of pyridine rings is 1. The van der Waals surface area contributed by atoms with E-state index >= 15 is 0 Å². The summed E-state index contributed by atoms with van der Waals surface area (Å²) in [5.41, 5.74) is 1.04. The van der Waals surface area contributed by atoms with Crippen molar-refractivity contribution in [3.8, 4) is 11.5 Å². The van der Waals surface area contributed by atoms with E-state index in [9.17, 15) is 18.0 Å². The number of aromatic carboxylic acids is 1. The second kappa shape index (κ2) is 8.68. The molecule has 2 heterocycles. The maximum absolute atomic E-state index is 12.2. The summed E-state index contributed by atoms with van der Waals surface area (Å²) >= 11 is 0. The molecule has 0 spiro atoms. The van der Waals surface area contributed by atoms with Crippen LogP contribution in [0, 0.1) is 0 Å². The number of carboxylic acids is 1. The van der Waals surface area contributed by atoms with Gasteiger partial charge in [0.1, 0.15) is 5.69 Å². The van der Waals surface area contributed by atoms with Crippen LogP contribution < -0.4 is 0 Å². The summed E-state index contributed by atoms with van der Waals surface area (Å²) in [4.78, 5) is 24.3. The van der Waals surface area contributed by atoms with Gasteiger partial charge in [0.25, 0.3) is 0 Å². The molecular weight excluding hydrogens is 353 g/mol. The topological polar surface area (TPSA) is 88.4 Å². The van der Waals surface area contributed by atoms with E-state index in [1.807, 2.05) is 0 Å². The highest BCUT2D eigenvalue weighted by atomic mass is 19.4. The Labute approximate surface area is 147 Å². The Bertz CT molecular complexity index is 738. The molecule has 0 atom stereocenters. The fourth-order valence-electron chi connectivity index (χ4n) is 2.04. The van der Waals surface area contributed by atoms with Crippen molar-refractivity contribution in [2.45, 2.75) is 12.8 Å². The van der Waals surface area contributed by atoms with Gasteiger partial charge in [-0.15, -0.1) is 0 Å². The van der Waals surface area contributed by atoms with E-state index in [1.165, 1.54) is 37.8 Å². The SMILES string of the molecule is CN(CCOCc1cnc(-c2cc(C(=O)O)ccn2)nc1)CC(F)(F)F. The van der Waals surface area contributed by atoms with Gasteiger partial charge in [0, 0.05) is 30.7 Å². The molecule has 0 fully saturated rings. The standard InChI is InChI=1S/C16H17F3N4O3/c1-23(10-16(17,18)19)4-5-26-9-11-7-21-14(22-8-11)13-6-12(15(24)25)2-3-20-13/h2-3,6-8H,4-5,9-10H2,1H3,(H,24,25). The molecule has 0 aromatic carbocycles. The number of halogens is 3. The molecule has 10 heteroatoms. The van der Waals surface area contributed by atoms with Crippen molar-refractivity contribution in [2.75, 3.05) is 26.7 Å². The first-order valence-electron chi connectivity index (χ1n) is 7.58. The summed E-state index contributed by atoms with van der Waals surface area (Å²) in [7, 11) is 1.37. The predicted octanol–water partition coefficient (Wildman–Crippen LogP) is 2.25. The average molecular weight is 370 g/mol. The summed E-state index contributed by atoms with van der Waals surface area (Å²) < 4.78 is 41.9. The Hall–Kier alpha value is -2.59. The van der Waals surface area contributed by atoms with E-state index in [1.54, 1.807) is 0 Å². The Balaban J connectivity index is 1.84. The second-order valence-electron chi connectivity index (χ2n) is 5.56. The average Bonchev–Trinajstić information content (AvgIpc) is 2.58. The zero-order chi connectivity index (χ0) is 19.2. The monoisotopic (exact) mass is 370 g/mol. The Morgan fingerprint density at radius 1 is 1.27 bits per heavy atom. The number of hydrogen-bond donors (Lipinski definition) is 1. The molecule has 0 saturated heterocycles. The number of alkyl halides is 3. The van der Waals surface area contributed by atoms with Gasteiger partial charge in [-0.2, -0.15) is 13.2 Å². The number of likely N-dealkylation sites (N-methyl/N-ethyl adjacent to an activating group) is 1. The lowest BCUT2D eigenvalue weighted by Gasteiger charge is -2.18. The molecule has 2 aromatic heterocycles. The van der Waals surface area contributed by atoms with Crippen LogP contribution in [0.15, 0.2) is 30.7 Å². The van der Waals surface area contributed by atoms with Crippen LogP contribution in [0.3, 0.4) is 0 Å². The summed E-state index contributed by atoms with van der Waals surface area (Å²) in [5, 5.41) is 8.97. The summed E-state index contributed by atoms with van der Waals surface area (Å²) in [6.45, 7) is -0.555. The van der Waals surface area contributed by atoms with Crippen molar-refractivity contribution in [2.24, 2.45) is 0 Å². The number of ether oxygens (including phenoxy) is 1. The summed E-state index contributed by atoms with van der Waals surface area (Å²) in [5.74, 6) is -0.809. The van der Waals surface area contributed by atoms with Crippen molar-refractivity contribution in [1.82, 2.24) is 19.9 Å². The largest absolute Gasteiger partial charge is 0.478 e. The van der Waals surface area contributed by atoms with E-state index in [2.05, 4.69) is 15.0 Å². The third-order valence-electron chi connectivity index (χ3n) is 3.28. The molecule has 1 N–H and O–H groups in total. The van der Waals surface area contributed by atoms with Gasteiger partial charge in [0.2, 0.25) is 0 Å². The lowest BCUT2D eigenvalue weighted by atomic mass is 10.2. The fourth-order valence-corrected chi connectivity index (χ4v) is 2.04. The van der Waals surface area contributed by atoms with Crippen LogP contribution in [0.25, 0.3) is 11.5 Å². The number of rotatable bonds is 8. The maximum Gasteiger partial charge on any atom is 0.401 e. The predicted molar refractivity (Wildman–Crippen MR) is 85.4 cm³/mol. The maximum atomic E-state index is 12.2. The smallest absolute Gasteiger partial charge is 0.401 e. The normalized spacial score (nSPS) is 11.7. The van der Waals surface area contributed by atoms with Crippen molar-refractivity contribution in [3.63, 3.8) is 0 Å². The second-order valence-corrected chi connectivity index (χ2v) is 5.56. The number of hydrogen-bond acceptors (Lipinski definition) is 6. The van der Waals surface area contributed by atoms with Crippen LogP contribution in [0.5, 0.6) is 0 Å². The zero-order valence-electron chi connectivity index (χ0n) is 13.9. The van der Waals surface area contributed by atoms with Crippen LogP contribution in [0.2, 0.25) is 0 Å². The molecule has 0 unspecified atom stereocenters. The minimum absolute atomic E-state index is 0.0778. The molecule has 0 bridgehead atoms. The minimum Gasteiger partial charge on any atom is -0.478 e. The molecule has 2 aromatic rings. The van der Waals surface area contributed by atoms with E-state index in [0.717, 1.165) is 4.90 Å². The third kappa shape index (κ3) is 6.37. The molecule has 0 aliphatic carbocycles. The van der Waals surface area contributed by atoms with Crippen LogP contribution in [0.4, 0.5) is 13.2 Å². The molecular formula is C16H17F3N4O3. The van der Waals surface area contributed by atoms with Gasteiger partial charge >= 0.3 is 12.1 Å². The Kier molecular flexibility index (Phi) is 6.58. The van der Waals surface area contributed by atoms with E-state index < -0.39 is 18.7 Å². The van der Waals surface area contributed by atoms with E-state index in [-0.39, 0.29) is 31.1 Å². The number of aromatic nitrogens is 3. The van der Waals surface area contributed by atoms with Crippen LogP contribution >= 0.6 is 0 Å². The van der Waals surface area contributed by atoms with Gasteiger partial charge in [-0.1, -0.05) is 0 Å². The first-order chi connectivity index (χ1) is 12.2. The highest BCUT2D eigenvalue weighted by Crippen LogP contribution is 2.15. The molecule has 0 radical (unpaired) electrons. The van der Waals surface area contributed by atoms with Crippen molar-refractivity contribution in [3.05, 3.63) is 41.9 Å². The van der Waals surface area contributed by atoms with Crippen molar-refractivity contribution >= 4 is 5.97 Å². The molecule has 0 amide bonds. The first-order valence-corrected chi connectivity index (χ1v) is 7.58. The lowest BCUT2D eigenvalue weighted by molar-refractivity contribution is -0.144. The molecule has 7 nitrogen and oxygen atoms in total. The third-order valence-corrected chi connectivity index (χ3v) is 3.28. The lowest BCUT2D eigenvalue weighted by Crippen LogP contribution is -2.33. The van der Waals surface area contributed by atoms with Crippen molar-refractivity contribution in [1.29, 1.82) is 0 Å². The van der Waals surface area contributed by atoms with Gasteiger partial charge in [-0.25, -0.2) is 14.8 Å². The Morgan fingerprint density at radius 2 is 1.96 bits per heavy atom. The summed E-state index contributed by atoms with van der Waals surface area (Å²) in [6, 6.07) is 2.73. The molecule has 2 rings (SSSR count). The summed E-state index contributed by atoms with van der Waals surface area (Å²) in [6.07, 6.45) is 0.120. The Morgan fingerprint density at radius 3 is 2.58 bits per heavy atom. The first kappa shape index (κ1) is 19.7. The van der Waals surface area contributed by atoms with Gasteiger partial charge in [-0.3, -0.25) is 9.88 Å². The van der Waals surface area contributed by atoms with Gasteiger partial charge in [-0.05, 0) is 19.2 Å². The number of nitrogens with zero attached hydrogens (tertiary/aromatic N) is 4. The molecule has 26 heavy (non-hydrogen) atoms. The quantitative estimate of drug-likeness (QED) is 0.713. The van der Waals surface area contributed by atoms with Crippen molar-refractivity contribution < 1.29 is 27.8 Å². The van der Waals surface area contributed by atoms with Gasteiger partial charge < -0.3 is 9.84 Å². The molecule has 140 valence electrons. The fraction of sp³-hybridized carbons (Fsp3) is 0.375. The number of carboxylic acid groups (broad SMARTS) is 1.